The van der Waals surface area contributed by atoms with E-state index < -0.39 is 0 Å². The first kappa shape index (κ1) is 31.7. The second-order valence-electron chi connectivity index (χ2n) is 8.48. The first-order chi connectivity index (χ1) is 18.0. The van der Waals surface area contributed by atoms with Gasteiger partial charge in [-0.25, -0.2) is 9.13 Å². The number of hydrogen-bond acceptors (Lipinski definition) is 9. The standard InChI is InChI=1S/C26H32N8OS2.2CH4/c1-31(23-9-5-21(6-10-23)27-29-25-33(3)15-19-36-25)13-17-35-18-14-32(2)24-11-7-22(8-12-24)28-30-26-34(4)16-20-37-26;;/h5-12,15-16,19-20H,13-14,17-18H2,1-4H3;2*1H4/q+2;;. The topological polar surface area (TPSA) is 72.9 Å². The molecule has 0 fully saturated rings. The highest BCUT2D eigenvalue weighted by atomic mass is 32.1. The van der Waals surface area contributed by atoms with Crippen molar-refractivity contribution in [3.63, 3.8) is 0 Å². The third kappa shape index (κ3) is 9.31. The van der Waals surface area contributed by atoms with Gasteiger partial charge in [0.2, 0.25) is 0 Å². The Balaban J connectivity index is 0.00000267. The summed E-state index contributed by atoms with van der Waals surface area (Å²) in [5, 5.41) is 23.0. The summed E-state index contributed by atoms with van der Waals surface area (Å²) in [4.78, 5) is 4.35. The summed E-state index contributed by atoms with van der Waals surface area (Å²) in [5.41, 5.74) is 3.90. The fourth-order valence-electron chi connectivity index (χ4n) is 3.36. The van der Waals surface area contributed by atoms with E-state index in [4.69, 9.17) is 4.74 Å². The molecule has 0 amide bonds. The van der Waals surface area contributed by atoms with Crippen LogP contribution in [0.1, 0.15) is 14.9 Å². The van der Waals surface area contributed by atoms with E-state index >= 15 is 0 Å². The van der Waals surface area contributed by atoms with Gasteiger partial charge in [0.05, 0.1) is 37.5 Å². The number of ether oxygens (including phenoxy) is 1. The van der Waals surface area contributed by atoms with E-state index in [2.05, 4.69) is 68.6 Å². The molecule has 0 aliphatic heterocycles. The number of hydrogen-bond donors (Lipinski definition) is 0. The summed E-state index contributed by atoms with van der Waals surface area (Å²) in [5.74, 6) is 0. The van der Waals surface area contributed by atoms with Crippen LogP contribution in [0.5, 0.6) is 0 Å². The third-order valence-electron chi connectivity index (χ3n) is 5.74. The Morgan fingerprint density at radius 2 is 1.03 bits per heavy atom. The van der Waals surface area contributed by atoms with Crippen LogP contribution in [0.2, 0.25) is 0 Å². The molecule has 2 aromatic carbocycles. The maximum absolute atomic E-state index is 5.89. The molecule has 0 radical (unpaired) electrons. The Bertz CT molecular complexity index is 1210. The molecule has 11 heteroatoms. The highest BCUT2D eigenvalue weighted by Gasteiger charge is 2.09. The highest BCUT2D eigenvalue weighted by molar-refractivity contribution is 7.13. The Morgan fingerprint density at radius 3 is 1.36 bits per heavy atom. The van der Waals surface area contributed by atoms with Crippen molar-refractivity contribution in [1.82, 2.24) is 0 Å². The number of benzene rings is 2. The number of aromatic nitrogens is 2. The van der Waals surface area contributed by atoms with Crippen LogP contribution in [-0.2, 0) is 18.8 Å². The molecule has 208 valence electrons. The fraction of sp³-hybridized carbons (Fsp3) is 0.357. The van der Waals surface area contributed by atoms with Crippen molar-refractivity contribution in [2.75, 3.05) is 50.2 Å². The van der Waals surface area contributed by atoms with Gasteiger partial charge in [-0.05, 0) is 81.4 Å². The predicted octanol–water partition coefficient (Wildman–Crippen LogP) is 7.15. The predicted molar refractivity (Wildman–Crippen MR) is 163 cm³/mol. The number of azo groups is 2. The molecule has 2 aromatic heterocycles. The van der Waals surface area contributed by atoms with E-state index in [-0.39, 0.29) is 14.9 Å². The molecule has 0 N–H and O–H groups in total. The van der Waals surface area contributed by atoms with Gasteiger partial charge in [-0.3, -0.25) is 0 Å². The fourth-order valence-corrected chi connectivity index (χ4v) is 4.72. The molecule has 4 aromatic rings. The van der Waals surface area contributed by atoms with E-state index in [9.17, 15) is 0 Å². The van der Waals surface area contributed by atoms with Gasteiger partial charge >= 0.3 is 10.3 Å². The number of likely N-dealkylation sites (N-methyl/N-ethyl adjacent to an activating group) is 2. The van der Waals surface area contributed by atoms with Gasteiger partial charge in [-0.2, -0.15) is 0 Å². The van der Waals surface area contributed by atoms with Gasteiger partial charge in [-0.1, -0.05) is 14.9 Å². The summed E-state index contributed by atoms with van der Waals surface area (Å²) >= 11 is 3.12. The monoisotopic (exact) mass is 568 g/mol. The van der Waals surface area contributed by atoms with Crippen LogP contribution in [-0.4, -0.2) is 40.4 Å². The Kier molecular flexibility index (Phi) is 12.8. The molecular weight excluding hydrogens is 528 g/mol. The highest BCUT2D eigenvalue weighted by Crippen LogP contribution is 2.23. The quantitative estimate of drug-likeness (QED) is 0.103. The van der Waals surface area contributed by atoms with Crippen LogP contribution >= 0.6 is 22.7 Å². The van der Waals surface area contributed by atoms with Crippen molar-refractivity contribution >= 4 is 55.7 Å². The van der Waals surface area contributed by atoms with Gasteiger partial charge in [-0.15, -0.1) is 0 Å². The number of rotatable bonds is 12. The van der Waals surface area contributed by atoms with Crippen molar-refractivity contribution in [2.24, 2.45) is 34.6 Å². The Labute approximate surface area is 240 Å². The van der Waals surface area contributed by atoms with Crippen LogP contribution in [0.15, 0.2) is 92.1 Å². The molecule has 0 saturated carbocycles. The molecule has 9 nitrogen and oxygen atoms in total. The minimum atomic E-state index is 0. The molecule has 39 heavy (non-hydrogen) atoms. The average molecular weight is 569 g/mol. The molecule has 0 bridgehead atoms. The van der Waals surface area contributed by atoms with E-state index in [1.807, 2.05) is 70.6 Å². The first-order valence-electron chi connectivity index (χ1n) is 11.9. The molecule has 0 aliphatic rings. The number of anilines is 2. The van der Waals surface area contributed by atoms with Gasteiger partial charge in [0, 0.05) is 49.3 Å². The molecule has 2 heterocycles. The van der Waals surface area contributed by atoms with Crippen molar-refractivity contribution in [3.8, 4) is 0 Å². The Hall–Kier alpha value is -3.54. The van der Waals surface area contributed by atoms with E-state index in [1.54, 1.807) is 22.7 Å². The van der Waals surface area contributed by atoms with Crippen LogP contribution in [0.4, 0.5) is 33.0 Å². The molecule has 0 saturated heterocycles. The van der Waals surface area contributed by atoms with Gasteiger partial charge < -0.3 is 14.5 Å². The van der Waals surface area contributed by atoms with Crippen molar-refractivity contribution < 1.29 is 13.9 Å². The zero-order chi connectivity index (χ0) is 26.0. The lowest BCUT2D eigenvalue weighted by Gasteiger charge is -2.21. The lowest BCUT2D eigenvalue weighted by molar-refractivity contribution is -0.654. The number of nitrogens with zero attached hydrogens (tertiary/aromatic N) is 8. The largest absolute Gasteiger partial charge is 0.408 e. The van der Waals surface area contributed by atoms with E-state index in [0.29, 0.717) is 13.2 Å². The van der Waals surface area contributed by atoms with Crippen molar-refractivity contribution in [1.29, 1.82) is 0 Å². The molecule has 4 rings (SSSR count). The number of thiazole rings is 2. The Morgan fingerprint density at radius 1 is 0.641 bits per heavy atom. The number of aryl methyl sites for hydroxylation is 2. The van der Waals surface area contributed by atoms with Crippen molar-refractivity contribution in [2.45, 2.75) is 14.9 Å². The van der Waals surface area contributed by atoms with Gasteiger partial charge in [0.1, 0.15) is 23.8 Å². The van der Waals surface area contributed by atoms with E-state index in [1.165, 1.54) is 0 Å². The molecule has 0 spiro atoms. The van der Waals surface area contributed by atoms with Crippen LogP contribution in [0.3, 0.4) is 0 Å². The van der Waals surface area contributed by atoms with Gasteiger partial charge in [0.25, 0.3) is 0 Å². The average Bonchev–Trinajstić information content (AvgIpc) is 3.53. The lowest BCUT2D eigenvalue weighted by atomic mass is 10.2. The molecule has 0 unspecified atom stereocenters. The smallest absolute Gasteiger partial charge is 0.378 e. The molecule has 0 aliphatic carbocycles. The summed E-state index contributed by atoms with van der Waals surface area (Å²) in [6, 6.07) is 16.1. The summed E-state index contributed by atoms with van der Waals surface area (Å²) < 4.78 is 9.79. The zero-order valence-corrected chi connectivity index (χ0v) is 23.2. The summed E-state index contributed by atoms with van der Waals surface area (Å²) in [6.45, 7) is 2.91. The van der Waals surface area contributed by atoms with Crippen LogP contribution < -0.4 is 18.9 Å². The first-order valence-corrected chi connectivity index (χ1v) is 13.7. The second-order valence-corrected chi connectivity index (χ2v) is 10.2. The second kappa shape index (κ2) is 15.8. The maximum Gasteiger partial charge on any atom is 0.408 e. The lowest BCUT2D eigenvalue weighted by Crippen LogP contribution is -2.26. The van der Waals surface area contributed by atoms with Crippen LogP contribution in [0.25, 0.3) is 0 Å². The maximum atomic E-state index is 5.89. The summed E-state index contributed by atoms with van der Waals surface area (Å²) in [7, 11) is 8.05. The van der Waals surface area contributed by atoms with E-state index in [0.717, 1.165) is 46.1 Å². The van der Waals surface area contributed by atoms with Gasteiger partial charge in [0.15, 0.2) is 0 Å². The molecular formula is C28H40N8OS2+2. The normalized spacial score (nSPS) is 11.0. The van der Waals surface area contributed by atoms with Crippen molar-refractivity contribution in [3.05, 3.63) is 71.7 Å². The third-order valence-corrected chi connectivity index (χ3v) is 7.42. The SMILES string of the molecule is C.C.CN(CCOCCN(C)c1ccc(N=Nc2scc[n+]2C)cc1)c1ccc(N=Nc2scc[n+]2C)cc1. The van der Waals surface area contributed by atoms with Crippen LogP contribution in [0, 0.1) is 0 Å². The minimum absolute atomic E-state index is 0. The summed E-state index contributed by atoms with van der Waals surface area (Å²) in [6.07, 6.45) is 3.94. The molecule has 0 atom stereocenters. The zero-order valence-electron chi connectivity index (χ0n) is 21.6. The minimum Gasteiger partial charge on any atom is -0.378 e.